The van der Waals surface area contributed by atoms with Crippen LogP contribution in [0.2, 0.25) is 0 Å². The lowest BCUT2D eigenvalue weighted by Crippen LogP contribution is -2.58. The Bertz CT molecular complexity index is 1380. The molecule has 0 radical (unpaired) electrons. The third kappa shape index (κ3) is 6.90. The fourth-order valence-electron chi connectivity index (χ4n) is 6.27. The van der Waals surface area contributed by atoms with Crippen molar-refractivity contribution in [2.75, 3.05) is 49.1 Å². The maximum absolute atomic E-state index is 12.3. The molecule has 1 aliphatic carbocycles. The van der Waals surface area contributed by atoms with Crippen molar-refractivity contribution >= 4 is 17.1 Å². The van der Waals surface area contributed by atoms with Gasteiger partial charge < -0.3 is 27.0 Å². The number of allylic oxidation sites excluding steroid dienone is 2. The van der Waals surface area contributed by atoms with Gasteiger partial charge in [-0.25, -0.2) is 0 Å². The molecule has 0 aromatic heterocycles. The van der Waals surface area contributed by atoms with E-state index in [1.165, 1.54) is 18.4 Å². The highest BCUT2D eigenvalue weighted by Crippen LogP contribution is 2.29. The molecule has 5 rings (SSSR count). The molecule has 1 atom stereocenters. The highest BCUT2D eigenvalue weighted by Gasteiger charge is 2.34. The number of nitrogens with zero attached hydrogens (tertiary/aromatic N) is 3. The number of nitrogens with two attached hydrogens (primary N) is 2. The summed E-state index contributed by atoms with van der Waals surface area (Å²) in [6.07, 6.45) is 10.1. The molecular formula is C33H47N7O2. The summed E-state index contributed by atoms with van der Waals surface area (Å²) >= 11 is 0. The normalized spacial score (nSPS) is 21.6. The molecule has 2 aliphatic heterocycles. The van der Waals surface area contributed by atoms with E-state index in [1.54, 1.807) is 0 Å². The van der Waals surface area contributed by atoms with E-state index < -0.39 is 10.9 Å². The maximum atomic E-state index is 12.3. The third-order valence-electron chi connectivity index (χ3n) is 8.97. The Balaban J connectivity index is 1.16. The van der Waals surface area contributed by atoms with Gasteiger partial charge in [-0.15, -0.1) is 0 Å². The van der Waals surface area contributed by atoms with E-state index in [0.717, 1.165) is 76.3 Å². The standard InChI is InChI=1S/C33H47N7O2/c1-4-6-26(37-31-30(32(41)33(31)42)36-25-11-12-25)19-29(35)22(3)39-17-18-40(27(5-2)21-39)28-13-15-38(16-14-28)20-23-7-9-24(34)10-8-23/h6-10,19,25,27-28,36-37H,3-5,11-18,20-21,34-35H2,1-2H3/b26-6+,29-19+/t27-/m0/s1. The fourth-order valence-corrected chi connectivity index (χ4v) is 6.27. The van der Waals surface area contributed by atoms with E-state index >= 15 is 0 Å². The van der Waals surface area contributed by atoms with Gasteiger partial charge in [0, 0.05) is 55.7 Å². The molecule has 0 unspecified atom stereocenters. The summed E-state index contributed by atoms with van der Waals surface area (Å²) in [7, 11) is 0. The van der Waals surface area contributed by atoms with Crippen molar-refractivity contribution in [2.24, 2.45) is 5.73 Å². The average Bonchev–Trinajstić information content (AvgIpc) is 3.84. The Hall–Kier alpha value is -3.56. The lowest BCUT2D eigenvalue weighted by atomic mass is 9.97. The topological polar surface area (TPSA) is 120 Å². The van der Waals surface area contributed by atoms with Crippen molar-refractivity contribution in [1.29, 1.82) is 0 Å². The number of nitrogens with one attached hydrogen (secondary N) is 2. The molecule has 2 saturated heterocycles. The van der Waals surface area contributed by atoms with Gasteiger partial charge >= 0.3 is 0 Å². The van der Waals surface area contributed by atoms with Crippen LogP contribution in [0.5, 0.6) is 0 Å². The molecule has 1 saturated carbocycles. The first kappa shape index (κ1) is 29.9. The van der Waals surface area contributed by atoms with E-state index in [1.807, 2.05) is 31.2 Å². The van der Waals surface area contributed by atoms with Gasteiger partial charge in [-0.1, -0.05) is 38.6 Å². The molecule has 2 heterocycles. The van der Waals surface area contributed by atoms with Gasteiger partial charge in [-0.3, -0.25) is 19.4 Å². The number of rotatable bonds is 12. The summed E-state index contributed by atoms with van der Waals surface area (Å²) < 4.78 is 0. The Morgan fingerprint density at radius 2 is 1.69 bits per heavy atom. The number of nitrogen functional groups attached to an aromatic ring is 1. The molecule has 42 heavy (non-hydrogen) atoms. The monoisotopic (exact) mass is 573 g/mol. The minimum Gasteiger partial charge on any atom is -0.399 e. The maximum Gasteiger partial charge on any atom is 0.253 e. The second-order valence-electron chi connectivity index (χ2n) is 12.1. The second-order valence-corrected chi connectivity index (χ2v) is 12.1. The van der Waals surface area contributed by atoms with Crippen molar-refractivity contribution < 1.29 is 0 Å². The summed E-state index contributed by atoms with van der Waals surface area (Å²) in [6, 6.07) is 9.57. The third-order valence-corrected chi connectivity index (χ3v) is 8.97. The van der Waals surface area contributed by atoms with Crippen LogP contribution in [-0.4, -0.2) is 65.5 Å². The molecule has 6 N–H and O–H groups in total. The number of piperazine rings is 1. The first-order chi connectivity index (χ1) is 20.3. The van der Waals surface area contributed by atoms with Gasteiger partial charge in [0.05, 0.1) is 11.4 Å². The van der Waals surface area contributed by atoms with Gasteiger partial charge in [0.2, 0.25) is 0 Å². The van der Waals surface area contributed by atoms with Crippen LogP contribution in [0.15, 0.2) is 69.7 Å². The van der Waals surface area contributed by atoms with Gasteiger partial charge in [0.25, 0.3) is 10.9 Å². The van der Waals surface area contributed by atoms with Crippen LogP contribution in [-0.2, 0) is 6.54 Å². The van der Waals surface area contributed by atoms with E-state index in [9.17, 15) is 9.59 Å². The zero-order chi connectivity index (χ0) is 29.8. The molecule has 2 aromatic carbocycles. The molecule has 9 nitrogen and oxygen atoms in total. The average molecular weight is 574 g/mol. The van der Waals surface area contributed by atoms with Gasteiger partial charge in [-0.05, 0) is 75.4 Å². The minimum absolute atomic E-state index is 0.292. The second kappa shape index (κ2) is 13.2. The minimum atomic E-state index is -0.482. The van der Waals surface area contributed by atoms with Crippen molar-refractivity contribution in [1.82, 2.24) is 14.7 Å². The number of benzene rings is 1. The Morgan fingerprint density at radius 1 is 1.00 bits per heavy atom. The van der Waals surface area contributed by atoms with Crippen molar-refractivity contribution in [2.45, 2.75) is 77.0 Å². The van der Waals surface area contributed by atoms with E-state index in [-0.39, 0.29) is 0 Å². The smallest absolute Gasteiger partial charge is 0.253 e. The number of hydrogen-bond donors (Lipinski definition) is 4. The lowest BCUT2D eigenvalue weighted by molar-refractivity contribution is 0.0234. The summed E-state index contributed by atoms with van der Waals surface area (Å²) in [5.74, 6) is 0. The highest BCUT2D eigenvalue weighted by atomic mass is 16.2. The Kier molecular flexibility index (Phi) is 9.38. The van der Waals surface area contributed by atoms with E-state index in [2.05, 4.69) is 51.0 Å². The number of hydrogen-bond acceptors (Lipinski definition) is 9. The molecule has 226 valence electrons. The van der Waals surface area contributed by atoms with Gasteiger partial charge in [0.1, 0.15) is 11.4 Å². The van der Waals surface area contributed by atoms with Crippen molar-refractivity contribution in [3.63, 3.8) is 0 Å². The molecular weight excluding hydrogens is 526 g/mol. The molecule has 9 heteroatoms. The largest absolute Gasteiger partial charge is 0.399 e. The zero-order valence-electron chi connectivity index (χ0n) is 25.2. The first-order valence-electron chi connectivity index (χ1n) is 15.6. The van der Waals surface area contributed by atoms with Gasteiger partial charge in [-0.2, -0.15) is 0 Å². The van der Waals surface area contributed by atoms with Crippen LogP contribution in [0, 0.1) is 0 Å². The van der Waals surface area contributed by atoms with Crippen molar-refractivity contribution in [3.8, 4) is 0 Å². The lowest BCUT2D eigenvalue weighted by Gasteiger charge is -2.48. The molecule has 2 aromatic rings. The number of likely N-dealkylation sites (tertiary alicyclic amines) is 1. The molecule has 0 spiro atoms. The quantitative estimate of drug-likeness (QED) is 0.172. The van der Waals surface area contributed by atoms with Crippen LogP contribution in [0.4, 0.5) is 17.1 Å². The Morgan fingerprint density at radius 3 is 2.33 bits per heavy atom. The number of piperidine rings is 1. The van der Waals surface area contributed by atoms with Crippen LogP contribution in [0.25, 0.3) is 0 Å². The zero-order valence-corrected chi connectivity index (χ0v) is 25.2. The molecule has 3 fully saturated rings. The SMILES string of the molecule is C=C(/C(N)=C\C(=C/CC)Nc1c(NC2CC2)c(=O)c1=O)N1CCN(C2CCN(Cc3ccc(N)cc3)CC2)[C@@H](CC)C1. The summed E-state index contributed by atoms with van der Waals surface area (Å²) in [5.41, 5.74) is 16.4. The summed E-state index contributed by atoms with van der Waals surface area (Å²) in [4.78, 5) is 32.0. The molecule has 0 amide bonds. The number of anilines is 3. The fraction of sp³-hybridized carbons (Fsp3) is 0.515. The van der Waals surface area contributed by atoms with Gasteiger partial charge in [0.15, 0.2) is 0 Å². The van der Waals surface area contributed by atoms with E-state index in [0.29, 0.717) is 40.9 Å². The van der Waals surface area contributed by atoms with Crippen LogP contribution >= 0.6 is 0 Å². The summed E-state index contributed by atoms with van der Waals surface area (Å²) in [6.45, 7) is 14.6. The van der Waals surface area contributed by atoms with Crippen LogP contribution in [0.3, 0.4) is 0 Å². The highest BCUT2D eigenvalue weighted by molar-refractivity contribution is 5.76. The Labute approximate surface area is 249 Å². The first-order valence-corrected chi connectivity index (χ1v) is 15.6. The van der Waals surface area contributed by atoms with Crippen LogP contribution in [0.1, 0.15) is 57.9 Å². The predicted molar refractivity (Wildman–Crippen MR) is 173 cm³/mol. The summed E-state index contributed by atoms with van der Waals surface area (Å²) in [5, 5.41) is 6.36. The van der Waals surface area contributed by atoms with Crippen LogP contribution < -0.4 is 33.0 Å². The molecule has 3 aliphatic rings. The van der Waals surface area contributed by atoms with Crippen molar-refractivity contribution in [3.05, 3.63) is 86.1 Å². The predicted octanol–water partition coefficient (Wildman–Crippen LogP) is 3.56. The molecule has 0 bridgehead atoms. The van der Waals surface area contributed by atoms with E-state index in [4.69, 9.17) is 11.5 Å².